The molecule has 0 saturated heterocycles. The Morgan fingerprint density at radius 1 is 1.06 bits per heavy atom. The third-order valence-electron chi connectivity index (χ3n) is 4.71. The molecule has 2 aromatic heterocycles. The van der Waals surface area contributed by atoms with E-state index in [-0.39, 0.29) is 22.9 Å². The SMILES string of the molecule is CCN(CC)S(=O)(=O)c1ccc(=O)n(Cc2nc(-c3ccc(OC)c(OC)c3)no2)c1. The summed E-state index contributed by atoms with van der Waals surface area (Å²) in [7, 11) is -0.643. The molecule has 0 aliphatic heterocycles. The number of benzene rings is 1. The monoisotopic (exact) mass is 448 g/mol. The van der Waals surface area contributed by atoms with Crippen LogP contribution in [0.5, 0.6) is 11.5 Å². The van der Waals surface area contributed by atoms with Crippen molar-refractivity contribution in [3.8, 4) is 22.9 Å². The van der Waals surface area contributed by atoms with Crippen molar-refractivity contribution in [2.75, 3.05) is 27.3 Å². The average molecular weight is 449 g/mol. The molecule has 11 heteroatoms. The molecule has 10 nitrogen and oxygen atoms in total. The number of methoxy groups -OCH3 is 2. The van der Waals surface area contributed by atoms with Crippen LogP contribution in [0.1, 0.15) is 19.7 Å². The normalized spacial score (nSPS) is 11.6. The zero-order valence-electron chi connectivity index (χ0n) is 17.7. The lowest BCUT2D eigenvalue weighted by Gasteiger charge is -2.18. The number of aromatic nitrogens is 3. The molecule has 0 bridgehead atoms. The van der Waals surface area contributed by atoms with E-state index < -0.39 is 10.0 Å². The predicted octanol–water partition coefficient (Wildman–Crippen LogP) is 1.99. The molecule has 1 aromatic carbocycles. The first-order chi connectivity index (χ1) is 14.8. The minimum Gasteiger partial charge on any atom is -0.493 e. The van der Waals surface area contributed by atoms with Crippen LogP contribution in [0.3, 0.4) is 0 Å². The third kappa shape index (κ3) is 4.62. The second-order valence-electron chi connectivity index (χ2n) is 6.50. The number of rotatable bonds is 9. The van der Waals surface area contributed by atoms with Gasteiger partial charge in [0.1, 0.15) is 6.54 Å². The lowest BCUT2D eigenvalue weighted by Crippen LogP contribution is -2.32. The van der Waals surface area contributed by atoms with Crippen molar-refractivity contribution >= 4 is 10.0 Å². The minimum atomic E-state index is -3.70. The number of pyridine rings is 1. The highest BCUT2D eigenvalue weighted by Gasteiger charge is 2.22. The molecule has 31 heavy (non-hydrogen) atoms. The maximum Gasteiger partial charge on any atom is 0.251 e. The highest BCUT2D eigenvalue weighted by Crippen LogP contribution is 2.31. The summed E-state index contributed by atoms with van der Waals surface area (Å²) in [5, 5.41) is 3.94. The van der Waals surface area contributed by atoms with Gasteiger partial charge in [-0.05, 0) is 24.3 Å². The summed E-state index contributed by atoms with van der Waals surface area (Å²) in [4.78, 5) is 16.6. The van der Waals surface area contributed by atoms with E-state index in [0.29, 0.717) is 36.0 Å². The van der Waals surface area contributed by atoms with Crippen LogP contribution in [0.2, 0.25) is 0 Å². The number of sulfonamides is 1. The second-order valence-corrected chi connectivity index (χ2v) is 8.44. The number of hydrogen-bond acceptors (Lipinski definition) is 8. The van der Waals surface area contributed by atoms with Crippen LogP contribution in [-0.2, 0) is 16.6 Å². The summed E-state index contributed by atoms with van der Waals surface area (Å²) in [5.74, 6) is 1.53. The predicted molar refractivity (Wildman–Crippen MR) is 113 cm³/mol. The molecule has 0 aliphatic rings. The molecule has 0 atom stereocenters. The standard InChI is InChI=1S/C20H24N4O6S/c1-5-24(6-2)31(26,27)15-8-10-19(25)23(12-15)13-18-21-20(22-30-18)14-7-9-16(28-3)17(11-14)29-4/h7-12H,5-6,13H2,1-4H3. The van der Waals surface area contributed by atoms with E-state index in [1.165, 1.54) is 41.4 Å². The second kappa shape index (κ2) is 9.31. The zero-order valence-corrected chi connectivity index (χ0v) is 18.5. The summed E-state index contributed by atoms with van der Waals surface area (Å²) >= 11 is 0. The van der Waals surface area contributed by atoms with Crippen molar-refractivity contribution < 1.29 is 22.4 Å². The van der Waals surface area contributed by atoms with E-state index in [2.05, 4.69) is 10.1 Å². The number of ether oxygens (including phenoxy) is 2. The van der Waals surface area contributed by atoms with Crippen LogP contribution in [0.4, 0.5) is 0 Å². The lowest BCUT2D eigenvalue weighted by atomic mass is 10.2. The highest BCUT2D eigenvalue weighted by molar-refractivity contribution is 7.89. The van der Waals surface area contributed by atoms with Crippen molar-refractivity contribution in [1.29, 1.82) is 0 Å². The third-order valence-corrected chi connectivity index (χ3v) is 6.75. The fraction of sp³-hybridized carbons (Fsp3) is 0.350. The fourth-order valence-corrected chi connectivity index (χ4v) is 4.53. The topological polar surface area (TPSA) is 117 Å². The summed E-state index contributed by atoms with van der Waals surface area (Å²) in [6, 6.07) is 7.68. The molecular formula is C20H24N4O6S. The molecule has 0 aliphatic carbocycles. The Hall–Kier alpha value is -3.18. The molecule has 0 unspecified atom stereocenters. The molecule has 0 amide bonds. The Balaban J connectivity index is 1.90. The van der Waals surface area contributed by atoms with Crippen LogP contribution in [0.25, 0.3) is 11.4 Å². The first kappa shape index (κ1) is 22.5. The van der Waals surface area contributed by atoms with Gasteiger partial charge >= 0.3 is 0 Å². The molecule has 0 saturated carbocycles. The Morgan fingerprint density at radius 3 is 2.42 bits per heavy atom. The highest BCUT2D eigenvalue weighted by atomic mass is 32.2. The van der Waals surface area contributed by atoms with Gasteiger partial charge in [0, 0.05) is 30.9 Å². The van der Waals surface area contributed by atoms with Crippen molar-refractivity contribution in [2.45, 2.75) is 25.3 Å². The van der Waals surface area contributed by atoms with E-state index in [4.69, 9.17) is 14.0 Å². The average Bonchev–Trinajstić information content (AvgIpc) is 3.23. The van der Waals surface area contributed by atoms with Crippen LogP contribution < -0.4 is 15.0 Å². The molecule has 0 N–H and O–H groups in total. The molecule has 166 valence electrons. The van der Waals surface area contributed by atoms with Gasteiger partial charge in [0.15, 0.2) is 11.5 Å². The van der Waals surface area contributed by atoms with Crippen molar-refractivity contribution in [3.63, 3.8) is 0 Å². The van der Waals surface area contributed by atoms with Gasteiger partial charge in [-0.3, -0.25) is 4.79 Å². The largest absolute Gasteiger partial charge is 0.493 e. The first-order valence-corrected chi connectivity index (χ1v) is 11.0. The van der Waals surface area contributed by atoms with Gasteiger partial charge in [0.25, 0.3) is 5.56 Å². The van der Waals surface area contributed by atoms with Crippen LogP contribution in [0.15, 0.2) is 50.7 Å². The first-order valence-electron chi connectivity index (χ1n) is 9.59. The number of nitrogens with zero attached hydrogens (tertiary/aromatic N) is 4. The zero-order chi connectivity index (χ0) is 22.6. The van der Waals surface area contributed by atoms with Gasteiger partial charge in [-0.25, -0.2) is 8.42 Å². The summed E-state index contributed by atoms with van der Waals surface area (Å²) < 4.78 is 43.8. The van der Waals surface area contributed by atoms with Crippen molar-refractivity contribution in [2.24, 2.45) is 0 Å². The van der Waals surface area contributed by atoms with Crippen LogP contribution in [-0.4, -0.2) is 54.7 Å². The Bertz CT molecular complexity index is 1210. The Labute approximate surface area is 180 Å². The van der Waals surface area contributed by atoms with Gasteiger partial charge < -0.3 is 18.6 Å². The summed E-state index contributed by atoms with van der Waals surface area (Å²) in [6.07, 6.45) is 1.29. The van der Waals surface area contributed by atoms with E-state index in [1.54, 1.807) is 32.0 Å². The van der Waals surface area contributed by atoms with Crippen molar-refractivity contribution in [3.05, 3.63) is 52.8 Å². The molecule has 3 rings (SSSR count). The molecule has 0 fully saturated rings. The minimum absolute atomic E-state index is 0.0235. The Kier molecular flexibility index (Phi) is 6.76. The van der Waals surface area contributed by atoms with Gasteiger partial charge in [0.2, 0.25) is 21.7 Å². The van der Waals surface area contributed by atoms with E-state index in [0.717, 1.165) is 0 Å². The van der Waals surface area contributed by atoms with E-state index in [9.17, 15) is 13.2 Å². The Morgan fingerprint density at radius 2 is 1.77 bits per heavy atom. The quantitative estimate of drug-likeness (QED) is 0.488. The van der Waals surface area contributed by atoms with Crippen LogP contribution in [0, 0.1) is 0 Å². The summed E-state index contributed by atoms with van der Waals surface area (Å²) in [5.41, 5.74) is 0.252. The maximum atomic E-state index is 12.7. The molecule has 0 spiro atoms. The van der Waals surface area contributed by atoms with Gasteiger partial charge in [-0.1, -0.05) is 19.0 Å². The lowest BCUT2D eigenvalue weighted by molar-refractivity contribution is 0.355. The smallest absolute Gasteiger partial charge is 0.251 e. The van der Waals surface area contributed by atoms with Gasteiger partial charge in [0.05, 0.1) is 19.1 Å². The fourth-order valence-electron chi connectivity index (χ4n) is 3.06. The number of hydrogen-bond donors (Lipinski definition) is 0. The molecule has 3 aromatic rings. The molecule has 0 radical (unpaired) electrons. The molecule has 2 heterocycles. The maximum absolute atomic E-state index is 12.7. The van der Waals surface area contributed by atoms with E-state index in [1.807, 2.05) is 0 Å². The summed E-state index contributed by atoms with van der Waals surface area (Å²) in [6.45, 7) is 4.10. The van der Waals surface area contributed by atoms with E-state index >= 15 is 0 Å². The van der Waals surface area contributed by atoms with Crippen LogP contribution >= 0.6 is 0 Å². The van der Waals surface area contributed by atoms with Gasteiger partial charge in [-0.2, -0.15) is 9.29 Å². The van der Waals surface area contributed by atoms with Crippen molar-refractivity contribution in [1.82, 2.24) is 19.0 Å². The molecular weight excluding hydrogens is 424 g/mol. The van der Waals surface area contributed by atoms with Gasteiger partial charge in [-0.15, -0.1) is 0 Å².